The van der Waals surface area contributed by atoms with E-state index in [1.54, 1.807) is 0 Å². The molecule has 1 saturated heterocycles. The smallest absolute Gasteiger partial charge is 0.0702 e. The maximum absolute atomic E-state index is 4.72. The van der Waals surface area contributed by atoms with E-state index in [-0.39, 0.29) is 6.04 Å². The van der Waals surface area contributed by atoms with Crippen LogP contribution in [0.4, 0.5) is 0 Å². The lowest BCUT2D eigenvalue weighted by Crippen LogP contribution is -2.33. The van der Waals surface area contributed by atoms with Gasteiger partial charge in [-0.3, -0.25) is 9.88 Å². The Morgan fingerprint density at radius 2 is 1.84 bits per heavy atom. The summed E-state index contributed by atoms with van der Waals surface area (Å²) in [7, 11) is 0. The molecular weight excluding hydrogens is 374 g/mol. The molecule has 4 rings (SSSR count). The molecule has 0 radical (unpaired) electrons. The van der Waals surface area contributed by atoms with E-state index in [0.717, 1.165) is 36.2 Å². The van der Waals surface area contributed by atoms with Crippen LogP contribution in [0.25, 0.3) is 10.9 Å². The predicted octanol–water partition coefficient (Wildman–Crippen LogP) is 4.38. The Morgan fingerprint density at radius 1 is 1.00 bits per heavy atom. The maximum atomic E-state index is 4.72. The van der Waals surface area contributed by atoms with Crippen molar-refractivity contribution >= 4 is 26.8 Å². The summed E-state index contributed by atoms with van der Waals surface area (Å²) in [6.45, 7) is 4.25. The number of halogens is 1. The van der Waals surface area contributed by atoms with Gasteiger partial charge >= 0.3 is 0 Å². The van der Waals surface area contributed by atoms with Crippen LogP contribution in [-0.2, 0) is 0 Å². The van der Waals surface area contributed by atoms with Crippen LogP contribution in [-0.4, -0.2) is 36.1 Å². The van der Waals surface area contributed by atoms with E-state index in [1.807, 2.05) is 12.3 Å². The third kappa shape index (κ3) is 3.61. The first-order valence-electron chi connectivity index (χ1n) is 8.87. The van der Waals surface area contributed by atoms with Gasteiger partial charge in [0.25, 0.3) is 0 Å². The Hall–Kier alpha value is -1.75. The van der Waals surface area contributed by atoms with Gasteiger partial charge in [-0.1, -0.05) is 52.3 Å². The largest absolute Gasteiger partial charge is 0.315 e. The lowest BCUT2D eigenvalue weighted by atomic mass is 9.97. The van der Waals surface area contributed by atoms with Crippen LogP contribution < -0.4 is 5.32 Å². The molecule has 1 N–H and O–H groups in total. The van der Waals surface area contributed by atoms with Crippen molar-refractivity contribution in [1.82, 2.24) is 15.2 Å². The van der Waals surface area contributed by atoms with Crippen molar-refractivity contribution in [2.24, 2.45) is 0 Å². The number of rotatable bonds is 3. The molecule has 25 heavy (non-hydrogen) atoms. The topological polar surface area (TPSA) is 28.2 Å². The van der Waals surface area contributed by atoms with Crippen molar-refractivity contribution in [1.29, 1.82) is 0 Å². The molecule has 1 unspecified atom stereocenters. The SMILES string of the molecule is Brc1ccccc1C(c1cnc2ccccc2c1)N1CCCNCC1. The van der Waals surface area contributed by atoms with E-state index >= 15 is 0 Å². The molecule has 0 saturated carbocycles. The molecule has 1 aliphatic heterocycles. The van der Waals surface area contributed by atoms with Gasteiger partial charge in [-0.25, -0.2) is 0 Å². The highest BCUT2D eigenvalue weighted by molar-refractivity contribution is 9.10. The van der Waals surface area contributed by atoms with E-state index < -0.39 is 0 Å². The number of fused-ring (bicyclic) bond motifs is 1. The number of pyridine rings is 1. The third-order valence-corrected chi connectivity index (χ3v) is 5.59. The fourth-order valence-electron chi connectivity index (χ4n) is 3.65. The highest BCUT2D eigenvalue weighted by Crippen LogP contribution is 2.34. The first kappa shape index (κ1) is 16.7. The molecule has 128 valence electrons. The number of hydrogen-bond donors (Lipinski definition) is 1. The van der Waals surface area contributed by atoms with Crippen molar-refractivity contribution in [3.8, 4) is 0 Å². The Labute approximate surface area is 157 Å². The molecule has 1 aliphatic rings. The van der Waals surface area contributed by atoms with Crippen molar-refractivity contribution in [2.75, 3.05) is 26.2 Å². The Morgan fingerprint density at radius 3 is 2.76 bits per heavy atom. The summed E-state index contributed by atoms with van der Waals surface area (Å²) in [6, 6.07) is 19.4. The van der Waals surface area contributed by atoms with Crippen LogP contribution in [0, 0.1) is 0 Å². The number of hydrogen-bond acceptors (Lipinski definition) is 3. The van der Waals surface area contributed by atoms with Crippen LogP contribution in [0.2, 0.25) is 0 Å². The van der Waals surface area contributed by atoms with Crippen LogP contribution in [0.1, 0.15) is 23.6 Å². The second kappa shape index (κ2) is 7.65. The summed E-state index contributed by atoms with van der Waals surface area (Å²) in [6.07, 6.45) is 3.22. The average Bonchev–Trinajstić information content (AvgIpc) is 2.93. The summed E-state index contributed by atoms with van der Waals surface area (Å²) in [5.41, 5.74) is 3.61. The Bertz CT molecular complexity index is 856. The fourth-order valence-corrected chi connectivity index (χ4v) is 4.15. The van der Waals surface area contributed by atoms with E-state index in [9.17, 15) is 0 Å². The first-order valence-corrected chi connectivity index (χ1v) is 9.66. The predicted molar refractivity (Wildman–Crippen MR) is 107 cm³/mol. The van der Waals surface area contributed by atoms with Crippen molar-refractivity contribution in [3.63, 3.8) is 0 Å². The summed E-state index contributed by atoms with van der Waals surface area (Å²) < 4.78 is 1.16. The van der Waals surface area contributed by atoms with E-state index in [4.69, 9.17) is 4.98 Å². The van der Waals surface area contributed by atoms with E-state index in [2.05, 4.69) is 74.7 Å². The van der Waals surface area contributed by atoms with Gasteiger partial charge in [0.05, 0.1) is 11.6 Å². The normalized spacial score (nSPS) is 17.3. The maximum Gasteiger partial charge on any atom is 0.0702 e. The summed E-state index contributed by atoms with van der Waals surface area (Å²) in [5, 5.41) is 4.71. The van der Waals surface area contributed by atoms with Gasteiger partial charge in [-0.2, -0.15) is 0 Å². The molecule has 1 aromatic heterocycles. The summed E-state index contributed by atoms with van der Waals surface area (Å²) in [5.74, 6) is 0. The molecule has 0 bridgehead atoms. The Balaban J connectivity index is 1.81. The van der Waals surface area contributed by atoms with Gasteiger partial charge in [0.2, 0.25) is 0 Å². The van der Waals surface area contributed by atoms with Crippen LogP contribution in [0.15, 0.2) is 65.3 Å². The number of nitrogens with one attached hydrogen (secondary N) is 1. The highest BCUT2D eigenvalue weighted by Gasteiger charge is 2.25. The molecule has 4 heteroatoms. The highest BCUT2D eigenvalue weighted by atomic mass is 79.9. The van der Waals surface area contributed by atoms with Crippen molar-refractivity contribution < 1.29 is 0 Å². The monoisotopic (exact) mass is 395 g/mol. The zero-order chi connectivity index (χ0) is 17.1. The zero-order valence-electron chi connectivity index (χ0n) is 14.2. The van der Waals surface area contributed by atoms with Crippen molar-refractivity contribution in [3.05, 3.63) is 76.4 Å². The van der Waals surface area contributed by atoms with Gasteiger partial charge in [0.1, 0.15) is 0 Å². The van der Waals surface area contributed by atoms with Crippen molar-refractivity contribution in [2.45, 2.75) is 12.5 Å². The fraction of sp³-hybridized carbons (Fsp3) is 0.286. The molecule has 1 fully saturated rings. The number of para-hydroxylation sites is 1. The minimum atomic E-state index is 0.215. The number of aromatic nitrogens is 1. The van der Waals surface area contributed by atoms with Crippen LogP contribution in [0.3, 0.4) is 0 Å². The molecular formula is C21H22BrN3. The number of nitrogens with zero attached hydrogens (tertiary/aromatic N) is 2. The van der Waals surface area contributed by atoms with Gasteiger partial charge in [0.15, 0.2) is 0 Å². The summed E-state index contributed by atoms with van der Waals surface area (Å²) >= 11 is 3.77. The lowest BCUT2D eigenvalue weighted by Gasteiger charge is -2.32. The first-order chi connectivity index (χ1) is 12.3. The molecule has 3 aromatic rings. The molecule has 0 spiro atoms. The van der Waals surface area contributed by atoms with Gasteiger partial charge in [-0.05, 0) is 42.3 Å². The van der Waals surface area contributed by atoms with Gasteiger partial charge in [0, 0.05) is 35.7 Å². The Kier molecular flexibility index (Phi) is 5.11. The van der Waals surface area contributed by atoms with Crippen LogP contribution in [0.5, 0.6) is 0 Å². The quantitative estimate of drug-likeness (QED) is 0.712. The average molecular weight is 396 g/mol. The summed E-state index contributed by atoms with van der Waals surface area (Å²) in [4.78, 5) is 7.29. The minimum absolute atomic E-state index is 0.215. The zero-order valence-corrected chi connectivity index (χ0v) is 15.7. The molecule has 0 amide bonds. The minimum Gasteiger partial charge on any atom is -0.315 e. The van der Waals surface area contributed by atoms with Gasteiger partial charge < -0.3 is 5.32 Å². The molecule has 0 aliphatic carbocycles. The molecule has 1 atom stereocenters. The van der Waals surface area contributed by atoms with E-state index in [0.29, 0.717) is 0 Å². The standard InChI is InChI=1S/C21H22BrN3/c22-19-8-3-2-7-18(19)21(25-12-5-10-23-11-13-25)17-14-16-6-1-4-9-20(16)24-15-17/h1-4,6-9,14-15,21,23H,5,10-13H2. The van der Waals surface area contributed by atoms with E-state index in [1.165, 1.54) is 22.9 Å². The molecule has 2 heterocycles. The van der Waals surface area contributed by atoms with Gasteiger partial charge in [-0.15, -0.1) is 0 Å². The number of benzene rings is 2. The third-order valence-electron chi connectivity index (χ3n) is 4.87. The second-order valence-electron chi connectivity index (χ2n) is 6.52. The lowest BCUT2D eigenvalue weighted by molar-refractivity contribution is 0.240. The van der Waals surface area contributed by atoms with Crippen LogP contribution >= 0.6 is 15.9 Å². The molecule has 2 aromatic carbocycles. The molecule has 3 nitrogen and oxygen atoms in total. The second-order valence-corrected chi connectivity index (χ2v) is 7.38.